The van der Waals surface area contributed by atoms with E-state index in [1.807, 2.05) is 27.7 Å². The maximum atomic E-state index is 11.1. The monoisotopic (exact) mass is 267 g/mol. The summed E-state index contributed by atoms with van der Waals surface area (Å²) in [4.78, 5) is 24.7. The molecule has 0 aliphatic carbocycles. The van der Waals surface area contributed by atoms with Crippen LogP contribution in [0.3, 0.4) is 0 Å². The van der Waals surface area contributed by atoms with Crippen molar-refractivity contribution in [2.45, 2.75) is 40.2 Å². The number of nitrogens with one attached hydrogen (secondary N) is 1. The zero-order valence-electron chi connectivity index (χ0n) is 11.8. The first-order valence-electron chi connectivity index (χ1n) is 5.99. The predicted molar refractivity (Wildman–Crippen MR) is 72.3 cm³/mol. The number of nitrogen functional groups attached to an aromatic ring is 1. The van der Waals surface area contributed by atoms with Crippen LogP contribution in [0, 0.1) is 13.8 Å². The number of hydrogen-bond donors (Lipinski definition) is 2. The first-order chi connectivity index (χ1) is 8.94. The third kappa shape index (κ3) is 7.15. The molecule has 0 aromatic carbocycles. The van der Waals surface area contributed by atoms with Crippen LogP contribution in [0.15, 0.2) is 12.1 Å². The second-order valence-corrected chi connectivity index (χ2v) is 4.06. The minimum absolute atomic E-state index is 0.0810. The van der Waals surface area contributed by atoms with Crippen LogP contribution in [0.1, 0.15) is 42.0 Å². The summed E-state index contributed by atoms with van der Waals surface area (Å²) in [6.07, 6.45) is 0.969. The molecule has 1 aromatic heterocycles. The van der Waals surface area contributed by atoms with Gasteiger partial charge in [-0.15, -0.1) is 0 Å². The van der Waals surface area contributed by atoms with Crippen molar-refractivity contribution in [3.05, 3.63) is 29.1 Å². The van der Waals surface area contributed by atoms with E-state index >= 15 is 0 Å². The molecule has 0 aliphatic rings. The number of carbonyl (C=O) groups excluding carboxylic acids is 2. The third-order valence-corrected chi connectivity index (χ3v) is 2.34. The number of nitrogens with two attached hydrogens (primary N) is 1. The van der Waals surface area contributed by atoms with Gasteiger partial charge >= 0.3 is 0 Å². The molecule has 0 saturated heterocycles. The van der Waals surface area contributed by atoms with Gasteiger partial charge in [0.2, 0.25) is 0 Å². The Bertz CT molecular complexity index is 401. The lowest BCUT2D eigenvalue weighted by Crippen LogP contribution is -2.30. The molecule has 1 rings (SSSR count). The van der Waals surface area contributed by atoms with Crippen molar-refractivity contribution in [3.63, 3.8) is 0 Å². The summed E-state index contributed by atoms with van der Waals surface area (Å²) in [6, 6.07) is 3.38. The summed E-state index contributed by atoms with van der Waals surface area (Å²) in [5, 5.41) is 0. The normalized spacial score (nSPS) is 10.8. The van der Waals surface area contributed by atoms with E-state index in [9.17, 15) is 9.59 Å². The van der Waals surface area contributed by atoms with Gasteiger partial charge in [0.05, 0.1) is 6.10 Å². The number of ether oxygens (including phenoxy) is 1. The fraction of sp³-hybridized carbons (Fsp3) is 0.462. The van der Waals surface area contributed by atoms with Crippen LogP contribution in [-0.2, 0) is 9.53 Å². The molecule has 106 valence electrons. The van der Waals surface area contributed by atoms with Crippen molar-refractivity contribution in [3.8, 4) is 0 Å². The lowest BCUT2D eigenvalue weighted by molar-refractivity contribution is -0.132. The summed E-state index contributed by atoms with van der Waals surface area (Å²) < 4.78 is 4.51. The van der Waals surface area contributed by atoms with Gasteiger partial charge in [0, 0.05) is 17.0 Å². The number of aromatic nitrogens is 1. The molecular weight excluding hydrogens is 246 g/mol. The highest BCUT2D eigenvalue weighted by Gasteiger charge is 2.04. The van der Waals surface area contributed by atoms with E-state index in [0.717, 1.165) is 17.8 Å². The van der Waals surface area contributed by atoms with Crippen LogP contribution in [0.25, 0.3) is 0 Å². The van der Waals surface area contributed by atoms with E-state index in [-0.39, 0.29) is 12.0 Å². The number of hydrogen-bond acceptors (Lipinski definition) is 5. The van der Waals surface area contributed by atoms with Gasteiger partial charge in [0.25, 0.3) is 12.4 Å². The molecule has 19 heavy (non-hydrogen) atoms. The Morgan fingerprint density at radius 1 is 1.47 bits per heavy atom. The number of aryl methyl sites for hydroxylation is 2. The van der Waals surface area contributed by atoms with Crippen LogP contribution < -0.4 is 11.3 Å². The van der Waals surface area contributed by atoms with Gasteiger partial charge in [-0.1, -0.05) is 6.92 Å². The third-order valence-electron chi connectivity index (χ3n) is 2.34. The molecule has 0 fully saturated rings. The molecule has 1 heterocycles. The van der Waals surface area contributed by atoms with Crippen LogP contribution >= 0.6 is 0 Å². The van der Waals surface area contributed by atoms with Crippen molar-refractivity contribution in [1.29, 1.82) is 0 Å². The minimum atomic E-state index is -0.288. The lowest BCUT2D eigenvalue weighted by Gasteiger charge is -2.02. The second kappa shape index (κ2) is 9.04. The van der Waals surface area contributed by atoms with Gasteiger partial charge in [-0.05, 0) is 39.3 Å². The van der Waals surface area contributed by atoms with E-state index in [4.69, 9.17) is 5.84 Å². The maximum absolute atomic E-state index is 11.1. The van der Waals surface area contributed by atoms with E-state index in [2.05, 4.69) is 15.1 Å². The molecular formula is C13H21N3O3. The van der Waals surface area contributed by atoms with Crippen molar-refractivity contribution in [1.82, 2.24) is 10.4 Å². The van der Waals surface area contributed by atoms with Gasteiger partial charge < -0.3 is 4.74 Å². The van der Waals surface area contributed by atoms with E-state index < -0.39 is 0 Å². The molecule has 1 unspecified atom stereocenters. The maximum Gasteiger partial charge on any atom is 0.293 e. The average Bonchev–Trinajstić information content (AvgIpc) is 2.37. The molecule has 6 heteroatoms. The highest BCUT2D eigenvalue weighted by molar-refractivity contribution is 5.93. The molecule has 1 aromatic rings. The second-order valence-electron chi connectivity index (χ2n) is 4.06. The van der Waals surface area contributed by atoms with Crippen LogP contribution in [0.4, 0.5) is 0 Å². The fourth-order valence-corrected chi connectivity index (χ4v) is 1.24. The van der Waals surface area contributed by atoms with Crippen LogP contribution in [0.5, 0.6) is 0 Å². The highest BCUT2D eigenvalue weighted by atomic mass is 16.5. The molecule has 0 saturated carbocycles. The average molecular weight is 267 g/mol. The van der Waals surface area contributed by atoms with Crippen molar-refractivity contribution in [2.75, 3.05) is 0 Å². The summed E-state index contributed by atoms with van der Waals surface area (Å²) >= 11 is 0. The molecule has 0 bridgehead atoms. The van der Waals surface area contributed by atoms with E-state index in [0.29, 0.717) is 12.0 Å². The van der Waals surface area contributed by atoms with Crippen molar-refractivity contribution >= 4 is 12.4 Å². The van der Waals surface area contributed by atoms with Gasteiger partial charge in [-0.3, -0.25) is 20.0 Å². The quantitative estimate of drug-likeness (QED) is 0.370. The highest BCUT2D eigenvalue weighted by Crippen LogP contribution is 2.03. The standard InChI is InChI=1S/C8H11N3O.C5H10O2/c1-5-3-7(8(12)11-9)4-6(2)10-5;1-3-5(2)7-4-6/h3-4H,9H2,1-2H3,(H,11,12);4-5H,3H2,1-2H3. The molecule has 0 radical (unpaired) electrons. The Kier molecular flexibility index (Phi) is 8.12. The molecule has 0 aliphatic heterocycles. The van der Waals surface area contributed by atoms with Gasteiger partial charge in [-0.2, -0.15) is 0 Å². The number of amides is 1. The lowest BCUT2D eigenvalue weighted by atomic mass is 10.2. The Hall–Kier alpha value is -1.95. The van der Waals surface area contributed by atoms with Gasteiger partial charge in [0.15, 0.2) is 0 Å². The molecule has 0 spiro atoms. The topological polar surface area (TPSA) is 94.3 Å². The Balaban J connectivity index is 0.000000399. The number of rotatable bonds is 4. The van der Waals surface area contributed by atoms with Crippen LogP contribution in [-0.4, -0.2) is 23.5 Å². The summed E-state index contributed by atoms with van der Waals surface area (Å²) in [5.41, 5.74) is 4.24. The van der Waals surface area contributed by atoms with Gasteiger partial charge in [-0.25, -0.2) is 5.84 Å². The number of nitrogens with zero attached hydrogens (tertiary/aromatic N) is 1. The predicted octanol–water partition coefficient (Wildman–Crippen LogP) is 1.26. The first-order valence-corrected chi connectivity index (χ1v) is 5.99. The van der Waals surface area contributed by atoms with Crippen LogP contribution in [0.2, 0.25) is 0 Å². The van der Waals surface area contributed by atoms with E-state index in [1.54, 1.807) is 12.1 Å². The SMILES string of the molecule is CCC(C)OC=O.Cc1cc(C(=O)NN)cc(C)n1. The number of carbonyl (C=O) groups is 2. The zero-order valence-corrected chi connectivity index (χ0v) is 11.8. The zero-order chi connectivity index (χ0) is 14.8. The first kappa shape index (κ1) is 17.1. The summed E-state index contributed by atoms with van der Waals surface area (Å²) in [7, 11) is 0. The molecule has 3 N–H and O–H groups in total. The van der Waals surface area contributed by atoms with Gasteiger partial charge in [0.1, 0.15) is 0 Å². The minimum Gasteiger partial charge on any atom is -0.465 e. The molecule has 6 nitrogen and oxygen atoms in total. The fourth-order valence-electron chi connectivity index (χ4n) is 1.24. The van der Waals surface area contributed by atoms with E-state index in [1.165, 1.54) is 0 Å². The molecule has 1 amide bonds. The summed E-state index contributed by atoms with van der Waals surface area (Å²) in [5.74, 6) is 4.70. The molecule has 1 atom stereocenters. The largest absolute Gasteiger partial charge is 0.465 e. The van der Waals surface area contributed by atoms with Crippen molar-refractivity contribution < 1.29 is 14.3 Å². The number of hydrazine groups is 1. The Morgan fingerprint density at radius 2 is 2.00 bits per heavy atom. The smallest absolute Gasteiger partial charge is 0.293 e. The summed E-state index contributed by atoms with van der Waals surface area (Å²) in [6.45, 7) is 7.97. The van der Waals surface area contributed by atoms with Crippen molar-refractivity contribution in [2.24, 2.45) is 5.84 Å². The Morgan fingerprint density at radius 3 is 2.32 bits per heavy atom. The number of pyridine rings is 1. The Labute approximate surface area is 113 Å².